The van der Waals surface area contributed by atoms with Crippen LogP contribution >= 0.6 is 0 Å². The molecule has 0 N–H and O–H groups in total. The van der Waals surface area contributed by atoms with Gasteiger partial charge in [-0.3, -0.25) is 4.79 Å². The third-order valence-corrected chi connectivity index (χ3v) is 4.30. The van der Waals surface area contributed by atoms with Crippen LogP contribution < -0.4 is 14.5 Å². The minimum absolute atomic E-state index is 0.0339. The molecule has 3 heterocycles. The van der Waals surface area contributed by atoms with Crippen molar-refractivity contribution in [1.82, 2.24) is 19.8 Å². The van der Waals surface area contributed by atoms with E-state index in [9.17, 15) is 4.79 Å². The lowest BCUT2D eigenvalue weighted by molar-refractivity contribution is -0.117. The van der Waals surface area contributed by atoms with Crippen LogP contribution in [-0.2, 0) is 4.79 Å². The smallest absolute Gasteiger partial charge is 0.246 e. The Kier molecular flexibility index (Phi) is 3.72. The maximum Gasteiger partial charge on any atom is 0.246 e. The first-order chi connectivity index (χ1) is 12.2. The van der Waals surface area contributed by atoms with Gasteiger partial charge in [-0.2, -0.15) is 9.61 Å². The van der Waals surface area contributed by atoms with Crippen LogP contribution in [0.15, 0.2) is 36.7 Å². The van der Waals surface area contributed by atoms with E-state index in [1.165, 1.54) is 0 Å². The van der Waals surface area contributed by atoms with Gasteiger partial charge < -0.3 is 14.5 Å². The summed E-state index contributed by atoms with van der Waals surface area (Å²) in [5.41, 5.74) is 3.24. The first-order valence-corrected chi connectivity index (χ1v) is 8.03. The van der Waals surface area contributed by atoms with E-state index in [4.69, 9.17) is 4.74 Å². The third-order valence-electron chi connectivity index (χ3n) is 4.30. The van der Waals surface area contributed by atoms with Crippen LogP contribution in [0.4, 0.5) is 11.4 Å². The molecule has 8 nitrogen and oxygen atoms in total. The molecule has 0 saturated carbocycles. The van der Waals surface area contributed by atoms with Crippen molar-refractivity contribution < 1.29 is 9.53 Å². The van der Waals surface area contributed by atoms with E-state index in [0.717, 1.165) is 22.8 Å². The highest BCUT2D eigenvalue weighted by Crippen LogP contribution is 2.26. The van der Waals surface area contributed by atoms with Crippen LogP contribution in [0.5, 0.6) is 5.75 Å². The van der Waals surface area contributed by atoms with Crippen LogP contribution in [0.25, 0.3) is 5.65 Å². The second-order valence-corrected chi connectivity index (χ2v) is 5.94. The molecule has 1 saturated heterocycles. The van der Waals surface area contributed by atoms with Crippen LogP contribution in [0.2, 0.25) is 0 Å². The normalized spacial score (nSPS) is 15.0. The average Bonchev–Trinajstić information content (AvgIpc) is 3.09. The molecule has 0 bridgehead atoms. The zero-order chi connectivity index (χ0) is 17.4. The number of piperazine rings is 1. The Bertz CT molecular complexity index is 938. The van der Waals surface area contributed by atoms with E-state index < -0.39 is 0 Å². The van der Waals surface area contributed by atoms with Gasteiger partial charge in [0, 0.05) is 24.8 Å². The number of carbonyl (C=O) groups is 1. The number of hydrogen-bond donors (Lipinski definition) is 0. The number of amides is 1. The maximum atomic E-state index is 12.7. The van der Waals surface area contributed by atoms with Gasteiger partial charge in [0.05, 0.1) is 25.0 Å². The van der Waals surface area contributed by atoms with Gasteiger partial charge >= 0.3 is 0 Å². The molecule has 0 unspecified atom stereocenters. The standard InChI is InChI=1S/C17H18N6O2/c1-12-8-15(17-19-18-11-23(17)20-12)21-6-7-22(16(24)10-21)13-4-3-5-14(9-13)25-2/h3-5,8-9,11H,6-7,10H2,1-2H3. The first-order valence-electron chi connectivity index (χ1n) is 8.03. The van der Waals surface area contributed by atoms with Crippen molar-refractivity contribution in [3.8, 4) is 5.75 Å². The van der Waals surface area contributed by atoms with Crippen LogP contribution in [0.1, 0.15) is 5.69 Å². The van der Waals surface area contributed by atoms with Crippen molar-refractivity contribution in [2.24, 2.45) is 0 Å². The average molecular weight is 338 g/mol. The molecular formula is C17H18N6O2. The van der Waals surface area contributed by atoms with Crippen molar-refractivity contribution in [2.45, 2.75) is 6.92 Å². The van der Waals surface area contributed by atoms with E-state index in [1.54, 1.807) is 22.9 Å². The van der Waals surface area contributed by atoms with Gasteiger partial charge in [0.15, 0.2) is 0 Å². The van der Waals surface area contributed by atoms with E-state index in [2.05, 4.69) is 15.3 Å². The second kappa shape index (κ2) is 6.04. The van der Waals surface area contributed by atoms with Crippen molar-refractivity contribution in [3.63, 3.8) is 0 Å². The topological polar surface area (TPSA) is 75.9 Å². The van der Waals surface area contributed by atoms with Crippen LogP contribution in [0.3, 0.4) is 0 Å². The number of aryl methyl sites for hydroxylation is 1. The Hall–Kier alpha value is -3.16. The van der Waals surface area contributed by atoms with Crippen molar-refractivity contribution in [3.05, 3.63) is 42.4 Å². The van der Waals surface area contributed by atoms with Gasteiger partial charge in [0.1, 0.15) is 12.1 Å². The third kappa shape index (κ3) is 2.75. The number of rotatable bonds is 3. The Morgan fingerprint density at radius 3 is 2.88 bits per heavy atom. The summed E-state index contributed by atoms with van der Waals surface area (Å²) >= 11 is 0. The molecule has 0 spiro atoms. The largest absolute Gasteiger partial charge is 0.497 e. The summed E-state index contributed by atoms with van der Waals surface area (Å²) in [7, 11) is 1.62. The van der Waals surface area contributed by atoms with E-state index in [-0.39, 0.29) is 12.5 Å². The van der Waals surface area contributed by atoms with E-state index in [1.807, 2.05) is 42.2 Å². The van der Waals surface area contributed by atoms with E-state index in [0.29, 0.717) is 18.7 Å². The molecule has 1 aliphatic heterocycles. The summed E-state index contributed by atoms with van der Waals surface area (Å²) < 4.78 is 6.89. The fourth-order valence-electron chi connectivity index (χ4n) is 3.10. The quantitative estimate of drug-likeness (QED) is 0.716. The Morgan fingerprint density at radius 2 is 2.08 bits per heavy atom. The number of methoxy groups -OCH3 is 1. The monoisotopic (exact) mass is 338 g/mol. The molecule has 0 atom stereocenters. The summed E-state index contributed by atoms with van der Waals surface area (Å²) in [6.07, 6.45) is 1.57. The van der Waals surface area contributed by atoms with Gasteiger partial charge in [-0.25, -0.2) is 0 Å². The Balaban J connectivity index is 1.60. The second-order valence-electron chi connectivity index (χ2n) is 5.94. The zero-order valence-electron chi connectivity index (χ0n) is 14.1. The highest BCUT2D eigenvalue weighted by atomic mass is 16.5. The summed E-state index contributed by atoms with van der Waals surface area (Å²) in [6.45, 7) is 3.49. The summed E-state index contributed by atoms with van der Waals surface area (Å²) in [5.74, 6) is 0.772. The van der Waals surface area contributed by atoms with Crippen molar-refractivity contribution >= 4 is 22.9 Å². The molecule has 0 aliphatic carbocycles. The number of aromatic nitrogens is 4. The maximum absolute atomic E-state index is 12.7. The minimum atomic E-state index is 0.0339. The molecule has 128 valence electrons. The number of fused-ring (bicyclic) bond motifs is 1. The van der Waals surface area contributed by atoms with Crippen LogP contribution in [0, 0.1) is 6.92 Å². The molecule has 1 aromatic carbocycles. The fourth-order valence-corrected chi connectivity index (χ4v) is 3.10. The number of benzene rings is 1. The highest BCUT2D eigenvalue weighted by molar-refractivity contribution is 5.98. The molecule has 1 fully saturated rings. The molecule has 3 aromatic rings. The number of nitrogens with zero attached hydrogens (tertiary/aromatic N) is 6. The van der Waals surface area contributed by atoms with Crippen LogP contribution in [-0.4, -0.2) is 52.5 Å². The number of carbonyl (C=O) groups excluding carboxylic acids is 1. The number of ether oxygens (including phenoxy) is 1. The lowest BCUT2D eigenvalue weighted by Gasteiger charge is -2.35. The van der Waals surface area contributed by atoms with Crippen molar-refractivity contribution in [1.29, 1.82) is 0 Å². The van der Waals surface area contributed by atoms with Crippen molar-refractivity contribution in [2.75, 3.05) is 36.5 Å². The summed E-state index contributed by atoms with van der Waals surface area (Å²) in [4.78, 5) is 16.5. The first kappa shape index (κ1) is 15.4. The lowest BCUT2D eigenvalue weighted by Crippen LogP contribution is -2.50. The fraction of sp³-hybridized carbons (Fsp3) is 0.294. The SMILES string of the molecule is COc1cccc(N2CCN(c3cc(C)nn4cnnc34)CC2=O)c1. The molecular weight excluding hydrogens is 320 g/mol. The predicted molar refractivity (Wildman–Crippen MR) is 93.1 cm³/mol. The highest BCUT2D eigenvalue weighted by Gasteiger charge is 2.27. The zero-order valence-corrected chi connectivity index (χ0v) is 14.1. The number of hydrogen-bond acceptors (Lipinski definition) is 6. The molecule has 1 amide bonds. The van der Waals surface area contributed by atoms with Gasteiger partial charge in [-0.1, -0.05) is 6.07 Å². The molecule has 25 heavy (non-hydrogen) atoms. The predicted octanol–water partition coefficient (Wildman–Crippen LogP) is 1.29. The van der Waals surface area contributed by atoms with Gasteiger partial charge in [0.25, 0.3) is 0 Å². The summed E-state index contributed by atoms with van der Waals surface area (Å²) in [5, 5.41) is 12.4. The van der Waals surface area contributed by atoms with E-state index >= 15 is 0 Å². The number of anilines is 2. The molecule has 4 rings (SSSR count). The van der Waals surface area contributed by atoms with Gasteiger partial charge in [0.2, 0.25) is 11.6 Å². The molecule has 0 radical (unpaired) electrons. The molecule has 2 aromatic heterocycles. The Labute approximate surface area is 144 Å². The Morgan fingerprint density at radius 1 is 1.20 bits per heavy atom. The lowest BCUT2D eigenvalue weighted by atomic mass is 10.2. The summed E-state index contributed by atoms with van der Waals surface area (Å²) in [6, 6.07) is 9.49. The molecule has 8 heteroatoms. The van der Waals surface area contributed by atoms with Gasteiger partial charge in [-0.15, -0.1) is 10.2 Å². The van der Waals surface area contributed by atoms with Gasteiger partial charge in [-0.05, 0) is 25.1 Å². The molecule has 1 aliphatic rings. The minimum Gasteiger partial charge on any atom is -0.497 e.